The summed E-state index contributed by atoms with van der Waals surface area (Å²) < 4.78 is 14.9. The molecule has 0 saturated carbocycles. The lowest BCUT2D eigenvalue weighted by molar-refractivity contribution is -0.115. The van der Waals surface area contributed by atoms with Crippen LogP contribution in [0, 0.1) is 19.7 Å². The van der Waals surface area contributed by atoms with Crippen molar-refractivity contribution in [3.8, 4) is 11.4 Å². The highest BCUT2D eigenvalue weighted by Crippen LogP contribution is 2.27. The number of nitrogens with one attached hydrogen (secondary N) is 1. The van der Waals surface area contributed by atoms with Crippen LogP contribution < -0.4 is 5.32 Å². The first-order valence-electron chi connectivity index (χ1n) is 7.92. The van der Waals surface area contributed by atoms with Crippen LogP contribution in [-0.4, -0.2) is 30.9 Å². The quantitative estimate of drug-likeness (QED) is 0.670. The van der Waals surface area contributed by atoms with Crippen LogP contribution >= 0.6 is 23.1 Å². The Morgan fingerprint density at radius 1 is 1.27 bits per heavy atom. The van der Waals surface area contributed by atoms with E-state index in [1.807, 2.05) is 20.9 Å². The molecule has 26 heavy (non-hydrogen) atoms. The molecule has 9 heteroatoms. The van der Waals surface area contributed by atoms with Gasteiger partial charge in [0, 0.05) is 17.5 Å². The summed E-state index contributed by atoms with van der Waals surface area (Å²) in [6, 6.07) is 6.06. The number of amides is 1. The van der Waals surface area contributed by atoms with Crippen LogP contribution in [0.25, 0.3) is 11.4 Å². The van der Waals surface area contributed by atoms with Gasteiger partial charge in [-0.25, -0.2) is 9.37 Å². The average Bonchev–Trinajstić information content (AvgIpc) is 3.11. The highest BCUT2D eigenvalue weighted by atomic mass is 32.2. The first-order chi connectivity index (χ1) is 12.3. The van der Waals surface area contributed by atoms with E-state index in [9.17, 15) is 9.18 Å². The number of thiazole rings is 1. The van der Waals surface area contributed by atoms with Crippen LogP contribution in [0.2, 0.25) is 0 Å². The summed E-state index contributed by atoms with van der Waals surface area (Å²) in [5.74, 6) is 0.171. The Balaban J connectivity index is 1.70. The van der Waals surface area contributed by atoms with Crippen LogP contribution in [0.5, 0.6) is 0 Å². The molecule has 2 aromatic heterocycles. The van der Waals surface area contributed by atoms with E-state index >= 15 is 0 Å². The molecule has 3 aromatic rings. The van der Waals surface area contributed by atoms with Gasteiger partial charge >= 0.3 is 0 Å². The monoisotopic (exact) mass is 391 g/mol. The standard InChI is InChI=1S/C17H18FN5OS2/c1-9-10(2)25-16(19-9)20-15(24)11(3)26-17-22-21-14(23(17)4)12-5-7-13(18)8-6-12/h5-8,11H,1-4H3,(H,19,20,24). The van der Waals surface area contributed by atoms with E-state index in [0.29, 0.717) is 16.1 Å². The summed E-state index contributed by atoms with van der Waals surface area (Å²) in [5, 5.41) is 12.0. The lowest BCUT2D eigenvalue weighted by Crippen LogP contribution is -2.22. The van der Waals surface area contributed by atoms with Crippen molar-refractivity contribution < 1.29 is 9.18 Å². The molecule has 0 bridgehead atoms. The highest BCUT2D eigenvalue weighted by molar-refractivity contribution is 8.00. The Labute approximate surface area is 158 Å². The number of hydrogen-bond donors (Lipinski definition) is 1. The van der Waals surface area contributed by atoms with Gasteiger partial charge in [0.15, 0.2) is 16.1 Å². The van der Waals surface area contributed by atoms with Crippen molar-refractivity contribution in [3.05, 3.63) is 40.7 Å². The topological polar surface area (TPSA) is 72.7 Å². The van der Waals surface area contributed by atoms with Crippen molar-refractivity contribution in [2.45, 2.75) is 31.2 Å². The molecule has 136 valence electrons. The van der Waals surface area contributed by atoms with Gasteiger partial charge in [-0.1, -0.05) is 11.8 Å². The van der Waals surface area contributed by atoms with Crippen molar-refractivity contribution in [2.24, 2.45) is 7.05 Å². The first-order valence-corrected chi connectivity index (χ1v) is 9.61. The molecule has 0 aliphatic carbocycles. The van der Waals surface area contributed by atoms with Gasteiger partial charge in [-0.05, 0) is 45.0 Å². The van der Waals surface area contributed by atoms with Gasteiger partial charge in [-0.2, -0.15) is 0 Å². The summed E-state index contributed by atoms with van der Waals surface area (Å²) in [6.45, 7) is 5.69. The lowest BCUT2D eigenvalue weighted by Gasteiger charge is -2.10. The number of halogens is 1. The van der Waals surface area contributed by atoms with Gasteiger partial charge in [0.2, 0.25) is 5.91 Å². The molecular formula is C17H18FN5OS2. The molecule has 3 rings (SSSR count). The number of nitrogens with zero attached hydrogens (tertiary/aromatic N) is 4. The molecule has 1 aromatic carbocycles. The van der Waals surface area contributed by atoms with Crippen molar-refractivity contribution in [1.82, 2.24) is 19.7 Å². The minimum absolute atomic E-state index is 0.143. The molecule has 1 unspecified atom stereocenters. The zero-order valence-corrected chi connectivity index (χ0v) is 16.4. The van der Waals surface area contributed by atoms with Gasteiger partial charge in [-0.15, -0.1) is 21.5 Å². The number of aromatic nitrogens is 4. The van der Waals surface area contributed by atoms with E-state index in [1.165, 1.54) is 35.2 Å². The minimum Gasteiger partial charge on any atom is -0.305 e. The Morgan fingerprint density at radius 2 is 1.96 bits per heavy atom. The average molecular weight is 391 g/mol. The molecule has 0 fully saturated rings. The fraction of sp³-hybridized carbons (Fsp3) is 0.294. The Kier molecular flexibility index (Phi) is 5.38. The maximum atomic E-state index is 13.1. The summed E-state index contributed by atoms with van der Waals surface area (Å²) in [4.78, 5) is 17.8. The molecule has 1 N–H and O–H groups in total. The fourth-order valence-corrected chi connectivity index (χ4v) is 3.85. The third-order valence-electron chi connectivity index (χ3n) is 3.85. The zero-order chi connectivity index (χ0) is 18.8. The number of benzene rings is 1. The Bertz CT molecular complexity index is 916. The lowest BCUT2D eigenvalue weighted by atomic mass is 10.2. The summed E-state index contributed by atoms with van der Waals surface area (Å²) in [6.07, 6.45) is 0. The molecule has 0 aliphatic heterocycles. The summed E-state index contributed by atoms with van der Waals surface area (Å²) in [7, 11) is 1.82. The van der Waals surface area contributed by atoms with E-state index in [4.69, 9.17) is 0 Å². The van der Waals surface area contributed by atoms with E-state index in [2.05, 4.69) is 20.5 Å². The molecule has 6 nitrogen and oxygen atoms in total. The third kappa shape index (κ3) is 3.94. The summed E-state index contributed by atoms with van der Waals surface area (Å²) in [5.41, 5.74) is 1.68. The van der Waals surface area contributed by atoms with Crippen molar-refractivity contribution in [3.63, 3.8) is 0 Å². The van der Waals surface area contributed by atoms with Gasteiger partial charge < -0.3 is 9.88 Å². The van der Waals surface area contributed by atoms with Crippen LogP contribution in [0.4, 0.5) is 9.52 Å². The Morgan fingerprint density at radius 3 is 2.58 bits per heavy atom. The van der Waals surface area contributed by atoms with Gasteiger partial charge in [0.05, 0.1) is 10.9 Å². The normalized spacial score (nSPS) is 12.2. The number of thioether (sulfide) groups is 1. The zero-order valence-electron chi connectivity index (χ0n) is 14.8. The second kappa shape index (κ2) is 7.55. The number of hydrogen-bond acceptors (Lipinski definition) is 6. The SMILES string of the molecule is Cc1nc(NC(=O)C(C)Sc2nnc(-c3ccc(F)cc3)n2C)sc1C. The smallest absolute Gasteiger partial charge is 0.239 e. The molecule has 0 spiro atoms. The molecule has 0 saturated heterocycles. The van der Waals surface area contributed by atoms with Crippen LogP contribution in [0.15, 0.2) is 29.4 Å². The van der Waals surface area contributed by atoms with Gasteiger partial charge in [0.25, 0.3) is 0 Å². The van der Waals surface area contributed by atoms with Crippen LogP contribution in [0.3, 0.4) is 0 Å². The molecular weight excluding hydrogens is 373 g/mol. The number of carbonyl (C=O) groups is 1. The first kappa shape index (κ1) is 18.5. The van der Waals surface area contributed by atoms with Crippen LogP contribution in [-0.2, 0) is 11.8 Å². The predicted molar refractivity (Wildman–Crippen MR) is 102 cm³/mol. The van der Waals surface area contributed by atoms with E-state index in [-0.39, 0.29) is 17.0 Å². The Hall–Kier alpha value is -2.26. The molecule has 2 heterocycles. The van der Waals surface area contributed by atoms with E-state index in [0.717, 1.165) is 16.1 Å². The highest BCUT2D eigenvalue weighted by Gasteiger charge is 2.20. The number of anilines is 1. The van der Waals surface area contributed by atoms with Crippen molar-refractivity contribution >= 4 is 34.1 Å². The molecule has 0 aliphatic rings. The second-order valence-corrected chi connectivity index (χ2v) is 8.29. The van der Waals surface area contributed by atoms with Crippen molar-refractivity contribution in [2.75, 3.05) is 5.32 Å². The molecule has 1 amide bonds. The van der Waals surface area contributed by atoms with E-state index < -0.39 is 0 Å². The summed E-state index contributed by atoms with van der Waals surface area (Å²) >= 11 is 2.76. The maximum absolute atomic E-state index is 13.1. The van der Waals surface area contributed by atoms with Gasteiger partial charge in [0.1, 0.15) is 5.82 Å². The maximum Gasteiger partial charge on any atom is 0.239 e. The predicted octanol–water partition coefficient (Wildman–Crippen LogP) is 3.81. The van der Waals surface area contributed by atoms with Crippen LogP contribution in [0.1, 0.15) is 17.5 Å². The van der Waals surface area contributed by atoms with Gasteiger partial charge in [-0.3, -0.25) is 4.79 Å². The van der Waals surface area contributed by atoms with E-state index in [1.54, 1.807) is 23.6 Å². The molecule has 0 radical (unpaired) electrons. The number of carbonyl (C=O) groups excluding carboxylic acids is 1. The third-order valence-corrected chi connectivity index (χ3v) is 5.97. The number of rotatable bonds is 5. The fourth-order valence-electron chi connectivity index (χ4n) is 2.21. The largest absolute Gasteiger partial charge is 0.305 e. The minimum atomic E-state index is -0.372. The second-order valence-electron chi connectivity index (χ2n) is 5.78. The number of aryl methyl sites for hydroxylation is 2. The molecule has 1 atom stereocenters. The van der Waals surface area contributed by atoms with Crippen molar-refractivity contribution in [1.29, 1.82) is 0 Å².